The smallest absolute Gasteiger partial charge is 0.225 e. The Morgan fingerprint density at radius 3 is 2.25 bits per heavy atom. The number of amides is 2. The molecule has 1 unspecified atom stereocenters. The molecule has 1 atom stereocenters. The van der Waals surface area contributed by atoms with E-state index in [0.29, 0.717) is 13.0 Å². The van der Waals surface area contributed by atoms with Gasteiger partial charge >= 0.3 is 0 Å². The molecule has 2 amide bonds. The summed E-state index contributed by atoms with van der Waals surface area (Å²) >= 11 is 0. The molecule has 0 aliphatic rings. The Kier molecular flexibility index (Phi) is 6.08. The Morgan fingerprint density at radius 1 is 1.25 bits per heavy atom. The predicted molar refractivity (Wildman–Crippen MR) is 65.0 cm³/mol. The van der Waals surface area contributed by atoms with Crippen molar-refractivity contribution in [3.63, 3.8) is 0 Å². The molecule has 0 aliphatic carbocycles. The lowest BCUT2D eigenvalue weighted by Gasteiger charge is -2.17. The number of carbonyl (C=O) groups excluding carboxylic acids is 2. The molecule has 0 bridgehead atoms. The Balaban J connectivity index is 3.75. The van der Waals surface area contributed by atoms with Crippen LogP contribution in [0.5, 0.6) is 0 Å². The van der Waals surface area contributed by atoms with Gasteiger partial charge in [-0.1, -0.05) is 27.7 Å². The summed E-state index contributed by atoms with van der Waals surface area (Å²) in [6.07, 6.45) is 1.26. The summed E-state index contributed by atoms with van der Waals surface area (Å²) in [5.74, 6) is -0.0348. The third kappa shape index (κ3) is 6.43. The van der Waals surface area contributed by atoms with Crippen molar-refractivity contribution < 1.29 is 9.59 Å². The zero-order valence-corrected chi connectivity index (χ0v) is 11.0. The highest BCUT2D eigenvalue weighted by molar-refractivity contribution is 5.82. The van der Waals surface area contributed by atoms with Gasteiger partial charge in [-0.2, -0.15) is 0 Å². The molecule has 0 heterocycles. The van der Waals surface area contributed by atoms with Crippen LogP contribution in [0.2, 0.25) is 0 Å². The van der Waals surface area contributed by atoms with Crippen LogP contribution in [0, 0.1) is 5.41 Å². The average Bonchev–Trinajstić information content (AvgIpc) is 2.15. The highest BCUT2D eigenvalue weighted by Gasteiger charge is 2.20. The normalized spacial score (nSPS) is 13.1. The number of hydrogen-bond acceptors (Lipinski definition) is 2. The zero-order chi connectivity index (χ0) is 12.8. The molecule has 0 radical (unpaired) electrons. The van der Waals surface area contributed by atoms with Crippen molar-refractivity contribution in [2.75, 3.05) is 6.54 Å². The monoisotopic (exact) mass is 228 g/mol. The van der Waals surface area contributed by atoms with Gasteiger partial charge in [0.15, 0.2) is 0 Å². The summed E-state index contributed by atoms with van der Waals surface area (Å²) in [5.41, 5.74) is -0.396. The van der Waals surface area contributed by atoms with Gasteiger partial charge in [0.2, 0.25) is 11.8 Å². The van der Waals surface area contributed by atoms with Gasteiger partial charge in [-0.05, 0) is 13.3 Å². The van der Waals surface area contributed by atoms with Crippen LogP contribution >= 0.6 is 0 Å². The van der Waals surface area contributed by atoms with E-state index in [4.69, 9.17) is 0 Å². The standard InChI is InChI=1S/C12H24N2O2/c1-6-9(2)14-10(15)7-8-13-11(16)12(3,4)5/h9H,6-8H2,1-5H3,(H,13,16)(H,14,15). The minimum Gasteiger partial charge on any atom is -0.355 e. The van der Waals surface area contributed by atoms with Crippen LogP contribution in [-0.4, -0.2) is 24.4 Å². The van der Waals surface area contributed by atoms with E-state index in [-0.39, 0.29) is 17.9 Å². The third-order valence-corrected chi connectivity index (χ3v) is 2.34. The second kappa shape index (κ2) is 6.51. The van der Waals surface area contributed by atoms with Crippen LogP contribution in [-0.2, 0) is 9.59 Å². The van der Waals surface area contributed by atoms with Gasteiger partial charge in [-0.15, -0.1) is 0 Å². The fourth-order valence-electron chi connectivity index (χ4n) is 1.00. The SMILES string of the molecule is CCC(C)NC(=O)CCNC(=O)C(C)(C)C. The van der Waals surface area contributed by atoms with Gasteiger partial charge in [-0.25, -0.2) is 0 Å². The Hall–Kier alpha value is -1.06. The van der Waals surface area contributed by atoms with Gasteiger partial charge in [0.05, 0.1) is 0 Å². The molecule has 0 spiro atoms. The second-order valence-corrected chi connectivity index (χ2v) is 5.13. The number of hydrogen-bond donors (Lipinski definition) is 2. The van der Waals surface area contributed by atoms with E-state index in [1.165, 1.54) is 0 Å². The van der Waals surface area contributed by atoms with Crippen molar-refractivity contribution in [3.05, 3.63) is 0 Å². The van der Waals surface area contributed by atoms with Crippen LogP contribution in [0.15, 0.2) is 0 Å². The molecule has 0 rings (SSSR count). The number of rotatable bonds is 5. The van der Waals surface area contributed by atoms with Crippen molar-refractivity contribution in [2.24, 2.45) is 5.41 Å². The summed E-state index contributed by atoms with van der Waals surface area (Å²) in [7, 11) is 0. The summed E-state index contributed by atoms with van der Waals surface area (Å²) < 4.78 is 0. The van der Waals surface area contributed by atoms with E-state index in [2.05, 4.69) is 10.6 Å². The molecule has 4 heteroatoms. The first-order valence-corrected chi connectivity index (χ1v) is 5.85. The first kappa shape index (κ1) is 14.9. The fourth-order valence-corrected chi connectivity index (χ4v) is 1.00. The summed E-state index contributed by atoms with van der Waals surface area (Å²) in [6.45, 7) is 9.93. The Labute approximate surface area is 98.2 Å². The fraction of sp³-hybridized carbons (Fsp3) is 0.833. The van der Waals surface area contributed by atoms with Crippen LogP contribution in [0.1, 0.15) is 47.5 Å². The Morgan fingerprint density at radius 2 is 1.81 bits per heavy atom. The molecule has 0 aliphatic heterocycles. The lowest BCUT2D eigenvalue weighted by atomic mass is 9.96. The summed E-state index contributed by atoms with van der Waals surface area (Å²) in [6, 6.07) is 0.200. The highest BCUT2D eigenvalue weighted by Crippen LogP contribution is 2.11. The van der Waals surface area contributed by atoms with E-state index >= 15 is 0 Å². The Bertz CT molecular complexity index is 244. The van der Waals surface area contributed by atoms with Gasteiger partial charge in [-0.3, -0.25) is 9.59 Å². The zero-order valence-electron chi connectivity index (χ0n) is 11.0. The van der Waals surface area contributed by atoms with E-state index in [1.807, 2.05) is 34.6 Å². The van der Waals surface area contributed by atoms with Crippen LogP contribution in [0.3, 0.4) is 0 Å². The molecule has 0 aromatic heterocycles. The molecule has 16 heavy (non-hydrogen) atoms. The minimum atomic E-state index is -0.396. The van der Waals surface area contributed by atoms with Crippen molar-refractivity contribution in [1.29, 1.82) is 0 Å². The summed E-state index contributed by atoms with van der Waals surface area (Å²) in [4.78, 5) is 22.9. The van der Waals surface area contributed by atoms with E-state index in [1.54, 1.807) is 0 Å². The van der Waals surface area contributed by atoms with Crippen molar-refractivity contribution in [2.45, 2.75) is 53.5 Å². The van der Waals surface area contributed by atoms with Crippen LogP contribution < -0.4 is 10.6 Å². The first-order valence-electron chi connectivity index (χ1n) is 5.85. The second-order valence-electron chi connectivity index (χ2n) is 5.13. The number of carbonyl (C=O) groups is 2. The maximum absolute atomic E-state index is 11.5. The van der Waals surface area contributed by atoms with E-state index in [9.17, 15) is 9.59 Å². The molecule has 0 aromatic rings. The quantitative estimate of drug-likeness (QED) is 0.748. The predicted octanol–water partition coefficient (Wildman–Crippen LogP) is 1.45. The largest absolute Gasteiger partial charge is 0.355 e. The van der Waals surface area contributed by atoms with Crippen molar-refractivity contribution in [3.8, 4) is 0 Å². The molecule has 2 N–H and O–H groups in total. The maximum atomic E-state index is 11.5. The van der Waals surface area contributed by atoms with Gasteiger partial charge in [0.25, 0.3) is 0 Å². The lowest BCUT2D eigenvalue weighted by molar-refractivity contribution is -0.128. The molecule has 0 fully saturated rings. The summed E-state index contributed by atoms with van der Waals surface area (Å²) in [5, 5.41) is 5.60. The maximum Gasteiger partial charge on any atom is 0.225 e. The lowest BCUT2D eigenvalue weighted by Crippen LogP contribution is -2.38. The van der Waals surface area contributed by atoms with Crippen molar-refractivity contribution in [1.82, 2.24) is 10.6 Å². The minimum absolute atomic E-state index is 0.0106. The van der Waals surface area contributed by atoms with E-state index < -0.39 is 5.41 Å². The molecule has 94 valence electrons. The van der Waals surface area contributed by atoms with Gasteiger partial charge in [0, 0.05) is 24.4 Å². The van der Waals surface area contributed by atoms with Crippen LogP contribution in [0.4, 0.5) is 0 Å². The molecular formula is C12H24N2O2. The molecule has 0 aromatic carbocycles. The average molecular weight is 228 g/mol. The van der Waals surface area contributed by atoms with E-state index in [0.717, 1.165) is 6.42 Å². The molecule has 0 saturated carbocycles. The molecule has 4 nitrogen and oxygen atoms in total. The molecular weight excluding hydrogens is 204 g/mol. The van der Waals surface area contributed by atoms with Crippen LogP contribution in [0.25, 0.3) is 0 Å². The van der Waals surface area contributed by atoms with Crippen molar-refractivity contribution >= 4 is 11.8 Å². The third-order valence-electron chi connectivity index (χ3n) is 2.34. The highest BCUT2D eigenvalue weighted by atomic mass is 16.2. The first-order chi connectivity index (χ1) is 7.27. The van der Waals surface area contributed by atoms with Gasteiger partial charge < -0.3 is 10.6 Å². The number of nitrogens with one attached hydrogen (secondary N) is 2. The van der Waals surface area contributed by atoms with Gasteiger partial charge in [0.1, 0.15) is 0 Å². The molecule has 0 saturated heterocycles. The topological polar surface area (TPSA) is 58.2 Å².